The highest BCUT2D eigenvalue weighted by Crippen LogP contribution is 2.26. The number of rotatable bonds is 6. The topological polar surface area (TPSA) is 12.0 Å². The molecule has 1 N–H and O–H groups in total. The lowest BCUT2D eigenvalue weighted by Crippen LogP contribution is -2.33. The Labute approximate surface area is 112 Å². The van der Waals surface area contributed by atoms with Crippen LogP contribution < -0.4 is 5.32 Å². The largest absolute Gasteiger partial charge is 0.314 e. The van der Waals surface area contributed by atoms with Gasteiger partial charge in [-0.3, -0.25) is 0 Å². The molecule has 0 aliphatic heterocycles. The lowest BCUT2D eigenvalue weighted by Gasteiger charge is -2.28. The van der Waals surface area contributed by atoms with Crippen LogP contribution in [0.1, 0.15) is 51.0 Å². The molecule has 0 heterocycles. The van der Waals surface area contributed by atoms with Crippen LogP contribution in [0.15, 0.2) is 30.3 Å². The van der Waals surface area contributed by atoms with E-state index in [0.29, 0.717) is 0 Å². The lowest BCUT2D eigenvalue weighted by atomic mass is 9.84. The molecule has 0 radical (unpaired) electrons. The first kappa shape index (κ1) is 13.6. The molecule has 1 aromatic rings. The molecule has 18 heavy (non-hydrogen) atoms. The third-order valence-corrected chi connectivity index (χ3v) is 4.34. The first-order valence-electron chi connectivity index (χ1n) is 7.65. The summed E-state index contributed by atoms with van der Waals surface area (Å²) in [6, 6.07) is 11.6. The number of hydrogen-bond acceptors (Lipinski definition) is 1. The molecule has 1 nitrogen and oxygen atoms in total. The fourth-order valence-corrected chi connectivity index (χ4v) is 3.02. The van der Waals surface area contributed by atoms with Gasteiger partial charge < -0.3 is 5.32 Å². The van der Waals surface area contributed by atoms with Gasteiger partial charge in [-0.05, 0) is 56.6 Å². The van der Waals surface area contributed by atoms with Gasteiger partial charge in [0.15, 0.2) is 0 Å². The van der Waals surface area contributed by atoms with Crippen LogP contribution in [0.2, 0.25) is 0 Å². The molecule has 1 fully saturated rings. The molecule has 1 aromatic carbocycles. The van der Waals surface area contributed by atoms with E-state index in [4.69, 9.17) is 0 Å². The van der Waals surface area contributed by atoms with Gasteiger partial charge in [0.1, 0.15) is 0 Å². The van der Waals surface area contributed by atoms with Gasteiger partial charge in [-0.25, -0.2) is 0 Å². The smallest absolute Gasteiger partial charge is 0.00672 e. The van der Waals surface area contributed by atoms with Crippen molar-refractivity contribution in [1.29, 1.82) is 0 Å². The summed E-state index contributed by atoms with van der Waals surface area (Å²) < 4.78 is 0. The van der Waals surface area contributed by atoms with Crippen LogP contribution in [0.5, 0.6) is 0 Å². The fourth-order valence-electron chi connectivity index (χ4n) is 3.02. The van der Waals surface area contributed by atoms with Crippen molar-refractivity contribution in [2.24, 2.45) is 5.92 Å². The number of benzene rings is 1. The second-order valence-corrected chi connectivity index (χ2v) is 5.67. The monoisotopic (exact) mass is 245 g/mol. The van der Waals surface area contributed by atoms with Gasteiger partial charge in [0.05, 0.1) is 0 Å². The van der Waals surface area contributed by atoms with E-state index < -0.39 is 0 Å². The molecule has 0 atom stereocenters. The first-order chi connectivity index (χ1) is 8.88. The Morgan fingerprint density at radius 1 is 1.06 bits per heavy atom. The van der Waals surface area contributed by atoms with Gasteiger partial charge in [0, 0.05) is 6.04 Å². The van der Waals surface area contributed by atoms with Crippen LogP contribution in [-0.2, 0) is 6.42 Å². The highest BCUT2D eigenvalue weighted by Gasteiger charge is 2.18. The maximum atomic E-state index is 3.74. The van der Waals surface area contributed by atoms with E-state index in [-0.39, 0.29) is 0 Å². The Kier molecular flexibility index (Phi) is 5.73. The van der Waals surface area contributed by atoms with Crippen molar-refractivity contribution < 1.29 is 0 Å². The zero-order chi connectivity index (χ0) is 12.6. The summed E-state index contributed by atoms with van der Waals surface area (Å²) in [6.45, 7) is 3.51. The van der Waals surface area contributed by atoms with Gasteiger partial charge >= 0.3 is 0 Å². The van der Waals surface area contributed by atoms with Gasteiger partial charge in [-0.2, -0.15) is 0 Å². The standard InChI is InChI=1S/C17H27N/c1-2-15-10-12-17(13-11-15)18-14-6-9-16-7-4-3-5-8-16/h3-5,7-8,15,17-18H,2,6,9-14H2,1H3. The van der Waals surface area contributed by atoms with Gasteiger partial charge in [-0.15, -0.1) is 0 Å². The van der Waals surface area contributed by atoms with Gasteiger partial charge in [-0.1, -0.05) is 43.7 Å². The van der Waals surface area contributed by atoms with Crippen LogP contribution in [0.3, 0.4) is 0 Å². The lowest BCUT2D eigenvalue weighted by molar-refractivity contribution is 0.286. The number of nitrogens with one attached hydrogen (secondary N) is 1. The van der Waals surface area contributed by atoms with Gasteiger partial charge in [0.25, 0.3) is 0 Å². The Hall–Kier alpha value is -0.820. The average molecular weight is 245 g/mol. The summed E-state index contributed by atoms with van der Waals surface area (Å²) in [5, 5.41) is 3.74. The third kappa shape index (κ3) is 4.45. The van der Waals surface area contributed by atoms with E-state index in [1.807, 2.05) is 0 Å². The molecule has 0 aromatic heterocycles. The highest BCUT2D eigenvalue weighted by molar-refractivity contribution is 5.14. The molecule has 1 heteroatoms. The van der Waals surface area contributed by atoms with Crippen LogP contribution >= 0.6 is 0 Å². The number of hydrogen-bond donors (Lipinski definition) is 1. The fraction of sp³-hybridized carbons (Fsp3) is 0.647. The van der Waals surface area contributed by atoms with E-state index >= 15 is 0 Å². The van der Waals surface area contributed by atoms with Crippen LogP contribution in [-0.4, -0.2) is 12.6 Å². The van der Waals surface area contributed by atoms with E-state index in [9.17, 15) is 0 Å². The second kappa shape index (κ2) is 7.58. The summed E-state index contributed by atoms with van der Waals surface area (Å²) in [5.74, 6) is 1.01. The predicted octanol–water partition coefficient (Wildman–Crippen LogP) is 4.18. The third-order valence-electron chi connectivity index (χ3n) is 4.34. The first-order valence-corrected chi connectivity index (χ1v) is 7.65. The van der Waals surface area contributed by atoms with E-state index in [1.54, 1.807) is 0 Å². The molecular formula is C17H27N. The Bertz CT molecular complexity index is 312. The second-order valence-electron chi connectivity index (χ2n) is 5.67. The van der Waals surface area contributed by atoms with E-state index in [1.165, 1.54) is 57.1 Å². The summed E-state index contributed by atoms with van der Waals surface area (Å²) in [7, 11) is 0. The molecule has 100 valence electrons. The Morgan fingerprint density at radius 2 is 1.78 bits per heavy atom. The molecule has 0 bridgehead atoms. The molecule has 0 unspecified atom stereocenters. The van der Waals surface area contributed by atoms with Crippen molar-refractivity contribution >= 4 is 0 Å². The van der Waals surface area contributed by atoms with E-state index in [0.717, 1.165) is 12.0 Å². The number of aryl methyl sites for hydroxylation is 1. The Morgan fingerprint density at radius 3 is 2.44 bits per heavy atom. The molecule has 0 saturated heterocycles. The van der Waals surface area contributed by atoms with Crippen molar-refractivity contribution in [2.75, 3.05) is 6.54 Å². The molecule has 0 spiro atoms. The summed E-state index contributed by atoms with van der Waals surface area (Å²) >= 11 is 0. The minimum Gasteiger partial charge on any atom is -0.314 e. The summed E-state index contributed by atoms with van der Waals surface area (Å²) in [5.41, 5.74) is 1.47. The maximum Gasteiger partial charge on any atom is 0.00672 e. The molecule has 1 aliphatic rings. The highest BCUT2D eigenvalue weighted by atomic mass is 14.9. The van der Waals surface area contributed by atoms with Crippen molar-refractivity contribution in [2.45, 2.75) is 57.9 Å². The summed E-state index contributed by atoms with van der Waals surface area (Å²) in [4.78, 5) is 0. The van der Waals surface area contributed by atoms with Crippen LogP contribution in [0.25, 0.3) is 0 Å². The minimum atomic E-state index is 0.795. The average Bonchev–Trinajstić information content (AvgIpc) is 2.45. The molecule has 1 saturated carbocycles. The molecule has 1 aliphatic carbocycles. The van der Waals surface area contributed by atoms with Crippen molar-refractivity contribution in [1.82, 2.24) is 5.32 Å². The SMILES string of the molecule is CCC1CCC(NCCCc2ccccc2)CC1. The summed E-state index contributed by atoms with van der Waals surface area (Å²) in [6.07, 6.45) is 9.50. The molecular weight excluding hydrogens is 218 g/mol. The van der Waals surface area contributed by atoms with Crippen LogP contribution in [0.4, 0.5) is 0 Å². The quantitative estimate of drug-likeness (QED) is 0.741. The van der Waals surface area contributed by atoms with Crippen molar-refractivity contribution in [3.05, 3.63) is 35.9 Å². The zero-order valence-corrected chi connectivity index (χ0v) is 11.7. The molecule has 2 rings (SSSR count). The zero-order valence-electron chi connectivity index (χ0n) is 11.7. The van der Waals surface area contributed by atoms with Crippen LogP contribution in [0, 0.1) is 5.92 Å². The maximum absolute atomic E-state index is 3.74. The normalized spacial score (nSPS) is 24.1. The van der Waals surface area contributed by atoms with E-state index in [2.05, 4.69) is 42.6 Å². The minimum absolute atomic E-state index is 0.795. The Balaban J connectivity index is 1.56. The van der Waals surface area contributed by atoms with Gasteiger partial charge in [0.2, 0.25) is 0 Å². The van der Waals surface area contributed by atoms with Crippen molar-refractivity contribution in [3.8, 4) is 0 Å². The molecule has 0 amide bonds. The predicted molar refractivity (Wildman–Crippen MR) is 78.8 cm³/mol. The van der Waals surface area contributed by atoms with Crippen molar-refractivity contribution in [3.63, 3.8) is 0 Å².